The van der Waals surface area contributed by atoms with Crippen LogP contribution in [-0.2, 0) is 6.42 Å². The van der Waals surface area contributed by atoms with E-state index in [1.807, 2.05) is 79.7 Å². The molecular weight excluding hydrogens is 400 g/mol. The van der Waals surface area contributed by atoms with Crippen LogP contribution in [0.25, 0.3) is 28.3 Å². The third kappa shape index (κ3) is 3.56. The molecule has 8 heteroatoms. The second-order valence-electron chi connectivity index (χ2n) is 7.49. The van der Waals surface area contributed by atoms with Gasteiger partial charge >= 0.3 is 0 Å². The van der Waals surface area contributed by atoms with Gasteiger partial charge in [0.2, 0.25) is 5.95 Å². The topological polar surface area (TPSA) is 98.8 Å². The number of nitrogens with zero attached hydrogens (tertiary/aromatic N) is 7. The van der Waals surface area contributed by atoms with Crippen LogP contribution in [0.5, 0.6) is 0 Å². The minimum atomic E-state index is 0.392. The van der Waals surface area contributed by atoms with Crippen molar-refractivity contribution < 1.29 is 0 Å². The molecule has 0 atom stereocenters. The highest BCUT2D eigenvalue weighted by atomic mass is 15.3. The Morgan fingerprint density at radius 1 is 1.06 bits per heavy atom. The van der Waals surface area contributed by atoms with Crippen LogP contribution < -0.4 is 4.90 Å². The largest absolute Gasteiger partial charge is 0.322 e. The van der Waals surface area contributed by atoms with Crippen molar-refractivity contribution in [3.05, 3.63) is 78.4 Å². The lowest BCUT2D eigenvalue weighted by atomic mass is 10.1. The zero-order chi connectivity index (χ0) is 22.1. The number of pyridine rings is 2. The van der Waals surface area contributed by atoms with E-state index in [0.29, 0.717) is 12.4 Å². The van der Waals surface area contributed by atoms with E-state index in [4.69, 9.17) is 15.2 Å². The van der Waals surface area contributed by atoms with Crippen LogP contribution in [-0.4, -0.2) is 36.6 Å². The summed E-state index contributed by atoms with van der Waals surface area (Å²) in [6, 6.07) is 19.9. The van der Waals surface area contributed by atoms with Crippen molar-refractivity contribution in [1.29, 1.82) is 5.26 Å². The fourth-order valence-corrected chi connectivity index (χ4v) is 3.60. The van der Waals surface area contributed by atoms with Gasteiger partial charge in [0.1, 0.15) is 12.0 Å². The van der Waals surface area contributed by atoms with Crippen molar-refractivity contribution in [3.8, 4) is 28.7 Å². The van der Waals surface area contributed by atoms with Crippen molar-refractivity contribution in [2.45, 2.75) is 13.3 Å². The van der Waals surface area contributed by atoms with E-state index in [1.165, 1.54) is 6.33 Å². The molecule has 0 aliphatic rings. The molecule has 0 aliphatic heterocycles. The number of fused-ring (bicyclic) bond motifs is 1. The van der Waals surface area contributed by atoms with Crippen molar-refractivity contribution in [3.63, 3.8) is 0 Å². The summed E-state index contributed by atoms with van der Waals surface area (Å²) in [4.78, 5) is 19.3. The first-order chi connectivity index (χ1) is 15.6. The highest BCUT2D eigenvalue weighted by Crippen LogP contribution is 2.33. The molecule has 1 aromatic carbocycles. The van der Waals surface area contributed by atoms with Crippen molar-refractivity contribution in [2.75, 3.05) is 11.9 Å². The van der Waals surface area contributed by atoms with Gasteiger partial charge in [-0.15, -0.1) is 0 Å². The Bertz CT molecular complexity index is 1440. The number of aromatic amines is 1. The number of aromatic nitrogens is 6. The summed E-state index contributed by atoms with van der Waals surface area (Å²) in [6.45, 7) is 1.97. The SMILES string of the molecule is Cc1cccc(-c2[nH]c(N(C)c3ccc(CC#N)cc3)nc2-c2ccc3ncnn3c2)n1. The van der Waals surface area contributed by atoms with E-state index in [-0.39, 0.29) is 0 Å². The summed E-state index contributed by atoms with van der Waals surface area (Å²) in [5.41, 5.74) is 6.97. The standard InChI is InChI=1S/C24H20N8/c1-16-4-3-5-20(28-16)23-22(18-8-11-21-26-15-27-32(21)14-18)29-24(30-23)31(2)19-9-6-17(7-10-19)12-13-25/h3-11,14-15H,12H2,1-2H3,(H,29,30). The van der Waals surface area contributed by atoms with Crippen LogP contribution in [0, 0.1) is 18.3 Å². The highest BCUT2D eigenvalue weighted by Gasteiger charge is 2.19. The van der Waals surface area contributed by atoms with E-state index < -0.39 is 0 Å². The molecule has 4 heterocycles. The Labute approximate surface area is 184 Å². The lowest BCUT2D eigenvalue weighted by molar-refractivity contribution is 0.962. The molecule has 0 unspecified atom stereocenters. The smallest absolute Gasteiger partial charge is 0.208 e. The third-order valence-corrected chi connectivity index (χ3v) is 5.31. The van der Waals surface area contributed by atoms with E-state index >= 15 is 0 Å². The van der Waals surface area contributed by atoms with E-state index in [2.05, 4.69) is 21.1 Å². The van der Waals surface area contributed by atoms with Crippen LogP contribution in [0.2, 0.25) is 0 Å². The number of aryl methyl sites for hydroxylation is 1. The number of rotatable bonds is 5. The first-order valence-electron chi connectivity index (χ1n) is 10.2. The molecule has 0 saturated heterocycles. The second kappa shape index (κ2) is 7.96. The molecule has 5 aromatic rings. The van der Waals surface area contributed by atoms with Crippen molar-refractivity contribution >= 4 is 17.3 Å². The zero-order valence-electron chi connectivity index (χ0n) is 17.7. The Morgan fingerprint density at radius 3 is 2.69 bits per heavy atom. The minimum absolute atomic E-state index is 0.392. The normalized spacial score (nSPS) is 10.9. The maximum absolute atomic E-state index is 8.91. The summed E-state index contributed by atoms with van der Waals surface area (Å²) in [7, 11) is 1.95. The molecule has 8 nitrogen and oxygen atoms in total. The lowest BCUT2D eigenvalue weighted by Gasteiger charge is -2.16. The first kappa shape index (κ1) is 19.5. The fraction of sp³-hybridized carbons (Fsp3) is 0.125. The van der Waals surface area contributed by atoms with Crippen molar-refractivity contribution in [1.82, 2.24) is 29.5 Å². The fourth-order valence-electron chi connectivity index (χ4n) is 3.60. The number of nitriles is 1. The van der Waals surface area contributed by atoms with Gasteiger partial charge in [0, 0.05) is 30.2 Å². The number of hydrogen-bond acceptors (Lipinski definition) is 6. The van der Waals surface area contributed by atoms with Gasteiger partial charge in [-0.25, -0.2) is 14.5 Å². The van der Waals surface area contributed by atoms with Gasteiger partial charge in [-0.3, -0.25) is 4.98 Å². The number of imidazole rings is 1. The highest BCUT2D eigenvalue weighted by molar-refractivity contribution is 5.79. The predicted molar refractivity (Wildman–Crippen MR) is 122 cm³/mol. The summed E-state index contributed by atoms with van der Waals surface area (Å²) >= 11 is 0. The number of anilines is 2. The summed E-state index contributed by atoms with van der Waals surface area (Å²) in [5, 5.41) is 13.2. The summed E-state index contributed by atoms with van der Waals surface area (Å²) < 4.78 is 1.73. The lowest BCUT2D eigenvalue weighted by Crippen LogP contribution is -2.11. The van der Waals surface area contributed by atoms with Gasteiger partial charge in [-0.05, 0) is 48.9 Å². The van der Waals surface area contributed by atoms with Crippen LogP contribution in [0.15, 0.2) is 67.1 Å². The Balaban J connectivity index is 1.61. The van der Waals surface area contributed by atoms with Crippen LogP contribution in [0.4, 0.5) is 11.6 Å². The molecule has 4 aromatic heterocycles. The molecule has 0 radical (unpaired) electrons. The predicted octanol–water partition coefficient (Wildman–Crippen LogP) is 4.32. The molecule has 0 fully saturated rings. The zero-order valence-corrected chi connectivity index (χ0v) is 17.7. The van der Waals surface area contributed by atoms with Crippen LogP contribution >= 0.6 is 0 Å². The first-order valence-corrected chi connectivity index (χ1v) is 10.2. The molecule has 0 spiro atoms. The number of H-pyrrole nitrogens is 1. The maximum Gasteiger partial charge on any atom is 0.208 e. The molecule has 1 N–H and O–H groups in total. The maximum atomic E-state index is 8.91. The average Bonchev–Trinajstić information content (AvgIpc) is 3.46. The van der Waals surface area contributed by atoms with E-state index in [1.54, 1.807) is 4.52 Å². The molecule has 156 valence electrons. The molecule has 0 saturated carbocycles. The van der Waals surface area contributed by atoms with Gasteiger partial charge in [0.25, 0.3) is 0 Å². The van der Waals surface area contributed by atoms with Crippen LogP contribution in [0.1, 0.15) is 11.3 Å². The molecule has 0 amide bonds. The minimum Gasteiger partial charge on any atom is -0.322 e. The van der Waals surface area contributed by atoms with Gasteiger partial charge in [-0.1, -0.05) is 18.2 Å². The van der Waals surface area contributed by atoms with Gasteiger partial charge in [0.15, 0.2) is 5.65 Å². The average molecular weight is 420 g/mol. The monoisotopic (exact) mass is 420 g/mol. The summed E-state index contributed by atoms with van der Waals surface area (Å²) in [5.74, 6) is 0.685. The quantitative estimate of drug-likeness (QED) is 0.454. The molecule has 0 bridgehead atoms. The van der Waals surface area contributed by atoms with Gasteiger partial charge < -0.3 is 9.88 Å². The number of hydrogen-bond donors (Lipinski definition) is 1. The molecule has 32 heavy (non-hydrogen) atoms. The number of nitrogens with one attached hydrogen (secondary N) is 1. The Hall–Kier alpha value is -4.51. The van der Waals surface area contributed by atoms with Crippen molar-refractivity contribution in [2.24, 2.45) is 0 Å². The molecular formula is C24H20N8. The van der Waals surface area contributed by atoms with Gasteiger partial charge in [0.05, 0.1) is 23.9 Å². The van der Waals surface area contributed by atoms with E-state index in [0.717, 1.165) is 45.2 Å². The molecule has 5 rings (SSSR count). The second-order valence-corrected chi connectivity index (χ2v) is 7.49. The number of benzene rings is 1. The van der Waals surface area contributed by atoms with Gasteiger partial charge in [-0.2, -0.15) is 10.4 Å². The third-order valence-electron chi connectivity index (χ3n) is 5.31. The molecule has 0 aliphatic carbocycles. The van der Waals surface area contributed by atoms with E-state index in [9.17, 15) is 0 Å². The van der Waals surface area contributed by atoms with Crippen LogP contribution in [0.3, 0.4) is 0 Å². The summed E-state index contributed by atoms with van der Waals surface area (Å²) in [6.07, 6.45) is 3.84. The Morgan fingerprint density at radius 2 is 1.91 bits per heavy atom. The Kier molecular flexibility index (Phi) is 4.84.